The fourth-order valence-electron chi connectivity index (χ4n) is 2.89. The first-order chi connectivity index (χ1) is 13.4. The van der Waals surface area contributed by atoms with Crippen molar-refractivity contribution in [3.63, 3.8) is 0 Å². The molecule has 2 aromatic carbocycles. The maximum Gasteiger partial charge on any atom is 0.242 e. The van der Waals surface area contributed by atoms with Gasteiger partial charge in [-0.25, -0.2) is 0 Å². The van der Waals surface area contributed by atoms with Crippen LogP contribution in [0.15, 0.2) is 54.6 Å². The third-order valence-corrected chi connectivity index (χ3v) is 4.85. The van der Waals surface area contributed by atoms with Crippen molar-refractivity contribution in [2.75, 3.05) is 7.11 Å². The first kappa shape index (κ1) is 21.5. The number of nitrogens with one attached hydrogen (secondary N) is 1. The largest absolute Gasteiger partial charge is 0.497 e. The number of hydrogen-bond acceptors (Lipinski definition) is 3. The van der Waals surface area contributed by atoms with Crippen molar-refractivity contribution in [3.05, 3.63) is 65.7 Å². The molecular weight excluding hydrogens is 352 g/mol. The van der Waals surface area contributed by atoms with Gasteiger partial charge in [0.25, 0.3) is 0 Å². The van der Waals surface area contributed by atoms with E-state index in [1.54, 1.807) is 18.9 Å². The SMILES string of the molecule is CC[C@@H](C)NC(=O)[C@@H](C)N(Cc1cccc(OC)c1)C(=O)Cc1ccccc1. The normalized spacial score (nSPS) is 12.7. The van der Waals surface area contributed by atoms with E-state index in [1.807, 2.05) is 68.4 Å². The Morgan fingerprint density at radius 2 is 1.71 bits per heavy atom. The van der Waals surface area contributed by atoms with E-state index in [0.29, 0.717) is 6.54 Å². The molecule has 2 amide bonds. The highest BCUT2D eigenvalue weighted by Crippen LogP contribution is 2.17. The summed E-state index contributed by atoms with van der Waals surface area (Å²) in [5, 5.41) is 2.98. The number of nitrogens with zero attached hydrogens (tertiary/aromatic N) is 1. The van der Waals surface area contributed by atoms with Gasteiger partial charge in [-0.1, -0.05) is 49.4 Å². The number of rotatable bonds is 9. The van der Waals surface area contributed by atoms with Crippen LogP contribution in [0, 0.1) is 0 Å². The second-order valence-electron chi connectivity index (χ2n) is 7.03. The molecular formula is C23H30N2O3. The summed E-state index contributed by atoms with van der Waals surface area (Å²) in [5.74, 6) is 0.504. The lowest BCUT2D eigenvalue weighted by Gasteiger charge is -2.30. The Labute approximate surface area is 167 Å². The number of carbonyl (C=O) groups excluding carboxylic acids is 2. The van der Waals surface area contributed by atoms with Crippen LogP contribution in [0.25, 0.3) is 0 Å². The molecule has 0 aliphatic heterocycles. The van der Waals surface area contributed by atoms with Gasteiger partial charge in [0.15, 0.2) is 0 Å². The molecule has 0 saturated heterocycles. The van der Waals surface area contributed by atoms with Crippen LogP contribution in [0.5, 0.6) is 5.75 Å². The van der Waals surface area contributed by atoms with E-state index in [0.717, 1.165) is 23.3 Å². The van der Waals surface area contributed by atoms with Crippen LogP contribution in [0.4, 0.5) is 0 Å². The highest BCUT2D eigenvalue weighted by molar-refractivity contribution is 5.88. The van der Waals surface area contributed by atoms with Gasteiger partial charge >= 0.3 is 0 Å². The summed E-state index contributed by atoms with van der Waals surface area (Å²) >= 11 is 0. The molecule has 0 aromatic heterocycles. The molecule has 5 nitrogen and oxygen atoms in total. The molecule has 0 bridgehead atoms. The fourth-order valence-corrected chi connectivity index (χ4v) is 2.89. The second-order valence-corrected chi connectivity index (χ2v) is 7.03. The zero-order valence-electron chi connectivity index (χ0n) is 17.1. The van der Waals surface area contributed by atoms with Gasteiger partial charge in [0.05, 0.1) is 13.5 Å². The van der Waals surface area contributed by atoms with Crippen LogP contribution in [0.1, 0.15) is 38.3 Å². The number of carbonyl (C=O) groups is 2. The van der Waals surface area contributed by atoms with Gasteiger partial charge in [0.1, 0.15) is 11.8 Å². The molecule has 2 rings (SSSR count). The zero-order valence-corrected chi connectivity index (χ0v) is 17.1. The number of methoxy groups -OCH3 is 1. The van der Waals surface area contributed by atoms with Crippen molar-refractivity contribution in [3.8, 4) is 5.75 Å². The number of benzene rings is 2. The van der Waals surface area contributed by atoms with Crippen LogP contribution in [0.2, 0.25) is 0 Å². The second kappa shape index (κ2) is 10.5. The van der Waals surface area contributed by atoms with Crippen LogP contribution in [-0.2, 0) is 22.6 Å². The van der Waals surface area contributed by atoms with Gasteiger partial charge in [-0.2, -0.15) is 0 Å². The number of ether oxygens (including phenoxy) is 1. The molecule has 2 aromatic rings. The standard InChI is InChI=1S/C23H30N2O3/c1-5-17(2)24-23(27)18(3)25(16-20-12-9-13-21(14-20)28-4)22(26)15-19-10-7-6-8-11-19/h6-14,17-18H,5,15-16H2,1-4H3,(H,24,27)/t17-,18-/m1/s1. The molecule has 28 heavy (non-hydrogen) atoms. The van der Waals surface area contributed by atoms with Crippen molar-refractivity contribution < 1.29 is 14.3 Å². The smallest absolute Gasteiger partial charge is 0.242 e. The Balaban J connectivity index is 2.22. The quantitative estimate of drug-likeness (QED) is 0.721. The van der Waals surface area contributed by atoms with E-state index in [9.17, 15) is 9.59 Å². The molecule has 150 valence electrons. The summed E-state index contributed by atoms with van der Waals surface area (Å²) < 4.78 is 5.28. The molecule has 0 unspecified atom stereocenters. The molecule has 1 N–H and O–H groups in total. The predicted octanol–water partition coefficient (Wildman–Crippen LogP) is 3.57. The van der Waals surface area contributed by atoms with Crippen molar-refractivity contribution >= 4 is 11.8 Å². The zero-order chi connectivity index (χ0) is 20.5. The molecule has 0 aliphatic carbocycles. The molecule has 0 spiro atoms. The molecule has 0 radical (unpaired) electrons. The topological polar surface area (TPSA) is 58.6 Å². The van der Waals surface area contributed by atoms with E-state index >= 15 is 0 Å². The minimum Gasteiger partial charge on any atom is -0.497 e. The van der Waals surface area contributed by atoms with Crippen molar-refractivity contribution in [2.24, 2.45) is 0 Å². The van der Waals surface area contributed by atoms with Crippen molar-refractivity contribution in [2.45, 2.75) is 52.2 Å². The Morgan fingerprint density at radius 1 is 1.04 bits per heavy atom. The molecule has 2 atom stereocenters. The molecule has 0 saturated carbocycles. The lowest BCUT2D eigenvalue weighted by Crippen LogP contribution is -2.49. The minimum absolute atomic E-state index is 0.0674. The molecule has 0 aliphatic rings. The first-order valence-corrected chi connectivity index (χ1v) is 9.71. The van der Waals surface area contributed by atoms with Crippen molar-refractivity contribution in [1.82, 2.24) is 10.2 Å². The average Bonchev–Trinajstić information content (AvgIpc) is 2.72. The fraction of sp³-hybridized carbons (Fsp3) is 0.391. The van der Waals surface area contributed by atoms with Gasteiger partial charge < -0.3 is 15.0 Å². The summed E-state index contributed by atoms with van der Waals surface area (Å²) in [5.41, 5.74) is 1.85. The summed E-state index contributed by atoms with van der Waals surface area (Å²) in [6, 6.07) is 16.7. The van der Waals surface area contributed by atoms with Gasteiger partial charge in [0.2, 0.25) is 11.8 Å². The lowest BCUT2D eigenvalue weighted by atomic mass is 10.1. The highest BCUT2D eigenvalue weighted by Gasteiger charge is 2.26. The van der Waals surface area contributed by atoms with Gasteiger partial charge in [-0.15, -0.1) is 0 Å². The monoisotopic (exact) mass is 382 g/mol. The van der Waals surface area contributed by atoms with Gasteiger partial charge in [-0.05, 0) is 43.5 Å². The predicted molar refractivity (Wildman–Crippen MR) is 111 cm³/mol. The summed E-state index contributed by atoms with van der Waals surface area (Å²) in [4.78, 5) is 27.4. The van der Waals surface area contributed by atoms with E-state index < -0.39 is 6.04 Å². The molecule has 0 fully saturated rings. The average molecular weight is 383 g/mol. The summed E-state index contributed by atoms with van der Waals surface area (Å²) in [7, 11) is 1.61. The van der Waals surface area contributed by atoms with E-state index in [2.05, 4.69) is 5.32 Å². The van der Waals surface area contributed by atoms with E-state index in [1.165, 1.54) is 0 Å². The molecule has 5 heteroatoms. The third-order valence-electron chi connectivity index (χ3n) is 4.85. The summed E-state index contributed by atoms with van der Waals surface area (Å²) in [6.07, 6.45) is 1.10. The first-order valence-electron chi connectivity index (χ1n) is 9.71. The van der Waals surface area contributed by atoms with Crippen LogP contribution < -0.4 is 10.1 Å². The van der Waals surface area contributed by atoms with Crippen LogP contribution in [-0.4, -0.2) is 35.9 Å². The van der Waals surface area contributed by atoms with E-state index in [-0.39, 0.29) is 24.3 Å². The number of amides is 2. The van der Waals surface area contributed by atoms with Crippen LogP contribution >= 0.6 is 0 Å². The Bertz CT molecular complexity index is 776. The van der Waals surface area contributed by atoms with Crippen molar-refractivity contribution in [1.29, 1.82) is 0 Å². The molecule has 0 heterocycles. The maximum atomic E-state index is 13.1. The number of hydrogen-bond donors (Lipinski definition) is 1. The Kier molecular flexibility index (Phi) is 8.05. The highest BCUT2D eigenvalue weighted by atomic mass is 16.5. The summed E-state index contributed by atoms with van der Waals surface area (Å²) in [6.45, 7) is 6.10. The van der Waals surface area contributed by atoms with E-state index in [4.69, 9.17) is 4.74 Å². The van der Waals surface area contributed by atoms with Gasteiger partial charge in [0, 0.05) is 12.6 Å². The Morgan fingerprint density at radius 3 is 2.36 bits per heavy atom. The van der Waals surface area contributed by atoms with Crippen LogP contribution in [0.3, 0.4) is 0 Å². The maximum absolute atomic E-state index is 13.1. The van der Waals surface area contributed by atoms with Gasteiger partial charge in [-0.3, -0.25) is 9.59 Å². The minimum atomic E-state index is -0.573. The lowest BCUT2D eigenvalue weighted by molar-refractivity contribution is -0.140. The Hall–Kier alpha value is -2.82. The third kappa shape index (κ3) is 6.12.